The molecule has 0 aliphatic carbocycles. The van der Waals surface area contributed by atoms with Crippen molar-refractivity contribution in [3.8, 4) is 0 Å². The molecule has 0 aliphatic rings. The summed E-state index contributed by atoms with van der Waals surface area (Å²) in [5.41, 5.74) is 6.41. The third kappa shape index (κ3) is 4.68. The van der Waals surface area contributed by atoms with Crippen molar-refractivity contribution in [2.45, 2.75) is 6.54 Å². The maximum Gasteiger partial charge on any atom is 0.104 e. The Bertz CT molecular complexity index is 799. The van der Waals surface area contributed by atoms with Gasteiger partial charge in [0.1, 0.15) is 6.54 Å². The number of nitrogens with zero attached hydrogens (tertiary/aromatic N) is 1. The summed E-state index contributed by atoms with van der Waals surface area (Å²) in [5, 5.41) is 0. The summed E-state index contributed by atoms with van der Waals surface area (Å²) in [4.78, 5) is 0. The van der Waals surface area contributed by atoms with Gasteiger partial charge in [-0.25, -0.2) is 0 Å². The molecule has 0 saturated heterocycles. The van der Waals surface area contributed by atoms with Crippen LogP contribution in [0, 0.1) is 0 Å². The highest BCUT2D eigenvalue weighted by Crippen LogP contribution is 2.27. The van der Waals surface area contributed by atoms with Gasteiger partial charge in [0, 0.05) is 5.56 Å². The second-order valence-electron chi connectivity index (χ2n) is 7.44. The molecule has 3 aromatic carbocycles. The first-order chi connectivity index (χ1) is 12.0. The third-order valence-corrected chi connectivity index (χ3v) is 4.17. The van der Waals surface area contributed by atoms with Crippen LogP contribution < -0.4 is 0 Å². The van der Waals surface area contributed by atoms with Gasteiger partial charge < -0.3 is 4.48 Å². The van der Waals surface area contributed by atoms with Crippen molar-refractivity contribution in [2.24, 2.45) is 0 Å². The zero-order valence-electron chi connectivity index (χ0n) is 15.3. The molecule has 0 saturated carbocycles. The van der Waals surface area contributed by atoms with Gasteiger partial charge >= 0.3 is 0 Å². The highest BCUT2D eigenvalue weighted by molar-refractivity contribution is 5.91. The molecule has 0 radical (unpaired) electrons. The summed E-state index contributed by atoms with van der Waals surface area (Å²) in [6, 6.07) is 30.0. The summed E-state index contributed by atoms with van der Waals surface area (Å²) in [5.74, 6) is 0. The number of benzene rings is 3. The molecule has 25 heavy (non-hydrogen) atoms. The van der Waals surface area contributed by atoms with Crippen LogP contribution in [0.4, 0.5) is 0 Å². The number of hydrogen-bond acceptors (Lipinski definition) is 0. The summed E-state index contributed by atoms with van der Waals surface area (Å²) in [7, 11) is 6.70. The molecule has 0 aliphatic heterocycles. The summed E-state index contributed by atoms with van der Waals surface area (Å²) < 4.78 is 0.914. The second-order valence-corrected chi connectivity index (χ2v) is 7.44. The lowest BCUT2D eigenvalue weighted by Gasteiger charge is -2.25. The fraction of sp³-hybridized carbons (Fsp3) is 0.167. The van der Waals surface area contributed by atoms with E-state index < -0.39 is 0 Å². The van der Waals surface area contributed by atoms with Crippen molar-refractivity contribution in [3.63, 3.8) is 0 Å². The minimum atomic E-state index is 0.914. The van der Waals surface area contributed by atoms with Gasteiger partial charge in [0.05, 0.1) is 21.1 Å². The first-order valence-electron chi connectivity index (χ1n) is 8.74. The molecule has 0 N–H and O–H groups in total. The predicted octanol–water partition coefficient (Wildman–Crippen LogP) is 5.48. The Morgan fingerprint density at radius 1 is 0.680 bits per heavy atom. The molecular weight excluding hydrogens is 302 g/mol. The Hall–Kier alpha value is -2.64. The Balaban J connectivity index is 2.12. The van der Waals surface area contributed by atoms with Crippen molar-refractivity contribution in [2.75, 3.05) is 21.1 Å². The van der Waals surface area contributed by atoms with E-state index in [1.807, 2.05) is 0 Å². The standard InChI is InChI=1S/C24H26N/c1-25(2,3)19-23-17-11-10-16-22(23)18-24(20-12-6-4-7-13-20)21-14-8-5-9-15-21/h4-18H,19H2,1-3H3/q+1. The lowest BCUT2D eigenvalue weighted by atomic mass is 9.94. The SMILES string of the molecule is C[N+](C)(C)Cc1ccccc1C=C(c1ccccc1)c1ccccc1. The van der Waals surface area contributed by atoms with Crippen LogP contribution in [-0.2, 0) is 6.54 Å². The molecule has 0 amide bonds. The molecular formula is C24H26N+. The van der Waals surface area contributed by atoms with Gasteiger partial charge in [0.25, 0.3) is 0 Å². The van der Waals surface area contributed by atoms with Crippen LogP contribution in [-0.4, -0.2) is 25.6 Å². The van der Waals surface area contributed by atoms with Gasteiger partial charge in [0.2, 0.25) is 0 Å². The molecule has 3 aromatic rings. The molecule has 0 heterocycles. The van der Waals surface area contributed by atoms with Crippen LogP contribution in [0.2, 0.25) is 0 Å². The molecule has 0 bridgehead atoms. The quantitative estimate of drug-likeness (QED) is 0.429. The summed E-state index contributed by atoms with van der Waals surface area (Å²) >= 11 is 0. The number of hydrogen-bond donors (Lipinski definition) is 0. The fourth-order valence-electron chi connectivity index (χ4n) is 3.05. The van der Waals surface area contributed by atoms with Gasteiger partial charge in [-0.2, -0.15) is 0 Å². The van der Waals surface area contributed by atoms with E-state index >= 15 is 0 Å². The van der Waals surface area contributed by atoms with Crippen molar-refractivity contribution in [3.05, 3.63) is 107 Å². The van der Waals surface area contributed by atoms with Crippen LogP contribution >= 0.6 is 0 Å². The van der Waals surface area contributed by atoms with Crippen molar-refractivity contribution in [1.82, 2.24) is 0 Å². The van der Waals surface area contributed by atoms with Crippen LogP contribution in [0.25, 0.3) is 11.6 Å². The Morgan fingerprint density at radius 2 is 1.16 bits per heavy atom. The lowest BCUT2D eigenvalue weighted by Crippen LogP contribution is -2.33. The van der Waals surface area contributed by atoms with E-state index in [-0.39, 0.29) is 0 Å². The second kappa shape index (κ2) is 7.50. The van der Waals surface area contributed by atoms with E-state index in [0.717, 1.165) is 11.0 Å². The van der Waals surface area contributed by atoms with Crippen LogP contribution in [0.15, 0.2) is 84.9 Å². The van der Waals surface area contributed by atoms with Crippen LogP contribution in [0.1, 0.15) is 22.3 Å². The lowest BCUT2D eigenvalue weighted by molar-refractivity contribution is -0.884. The zero-order valence-corrected chi connectivity index (χ0v) is 15.3. The van der Waals surface area contributed by atoms with E-state index in [4.69, 9.17) is 0 Å². The third-order valence-electron chi connectivity index (χ3n) is 4.17. The largest absolute Gasteiger partial charge is 0.327 e. The monoisotopic (exact) mass is 328 g/mol. The minimum Gasteiger partial charge on any atom is -0.327 e. The Labute approximate surface area is 151 Å². The number of quaternary nitrogens is 1. The van der Waals surface area contributed by atoms with Crippen molar-refractivity contribution < 1.29 is 4.48 Å². The van der Waals surface area contributed by atoms with E-state index in [0.29, 0.717) is 0 Å². The topological polar surface area (TPSA) is 0 Å². The minimum absolute atomic E-state index is 0.914. The van der Waals surface area contributed by atoms with E-state index in [1.54, 1.807) is 0 Å². The van der Waals surface area contributed by atoms with Gasteiger partial charge in [-0.3, -0.25) is 0 Å². The molecule has 0 aromatic heterocycles. The molecule has 126 valence electrons. The average Bonchev–Trinajstić information content (AvgIpc) is 2.61. The van der Waals surface area contributed by atoms with Crippen LogP contribution in [0.5, 0.6) is 0 Å². The van der Waals surface area contributed by atoms with Gasteiger partial charge in [-0.15, -0.1) is 0 Å². The smallest absolute Gasteiger partial charge is 0.104 e. The molecule has 0 unspecified atom stereocenters. The Morgan fingerprint density at radius 3 is 1.68 bits per heavy atom. The first kappa shape index (κ1) is 17.2. The van der Waals surface area contributed by atoms with Gasteiger partial charge in [-0.1, -0.05) is 84.9 Å². The zero-order chi connectivity index (χ0) is 17.7. The maximum absolute atomic E-state index is 2.33. The molecule has 0 fully saturated rings. The fourth-order valence-corrected chi connectivity index (χ4v) is 3.05. The van der Waals surface area contributed by atoms with Gasteiger partial charge in [0.15, 0.2) is 0 Å². The van der Waals surface area contributed by atoms with E-state index in [9.17, 15) is 0 Å². The number of rotatable bonds is 5. The molecule has 1 heteroatoms. The molecule has 0 atom stereocenters. The van der Waals surface area contributed by atoms with Crippen molar-refractivity contribution in [1.29, 1.82) is 0 Å². The van der Waals surface area contributed by atoms with Gasteiger partial charge in [-0.05, 0) is 28.3 Å². The first-order valence-corrected chi connectivity index (χ1v) is 8.74. The Kier molecular flexibility index (Phi) is 5.16. The van der Waals surface area contributed by atoms with Crippen molar-refractivity contribution >= 4 is 11.6 Å². The molecule has 3 rings (SSSR count). The summed E-state index contributed by atoms with van der Waals surface area (Å²) in [6.07, 6.45) is 2.33. The summed E-state index contributed by atoms with van der Waals surface area (Å²) in [6.45, 7) is 1.00. The van der Waals surface area contributed by atoms with E-state index in [1.165, 1.54) is 27.8 Å². The average molecular weight is 328 g/mol. The molecule has 1 nitrogen and oxygen atoms in total. The highest BCUT2D eigenvalue weighted by Gasteiger charge is 2.12. The normalized spacial score (nSPS) is 11.2. The predicted molar refractivity (Wildman–Crippen MR) is 108 cm³/mol. The molecule has 0 spiro atoms. The van der Waals surface area contributed by atoms with Crippen LogP contribution in [0.3, 0.4) is 0 Å². The van der Waals surface area contributed by atoms with E-state index in [2.05, 4.69) is 112 Å². The maximum atomic E-state index is 2.33. The highest BCUT2D eigenvalue weighted by atomic mass is 15.3.